The minimum atomic E-state index is -0.533. The molecule has 0 aromatic carbocycles. The Morgan fingerprint density at radius 2 is 1.86 bits per heavy atom. The summed E-state index contributed by atoms with van der Waals surface area (Å²) in [7, 11) is 0. The summed E-state index contributed by atoms with van der Waals surface area (Å²) in [5.74, 6) is -0.460. The predicted octanol–water partition coefficient (Wildman–Crippen LogP) is 2.51. The van der Waals surface area contributed by atoms with E-state index in [-0.39, 0.29) is 11.5 Å². The molecule has 0 fully saturated rings. The van der Waals surface area contributed by atoms with E-state index in [2.05, 4.69) is 27.4 Å². The molecule has 0 rings (SSSR count). The van der Waals surface area contributed by atoms with Crippen LogP contribution in [-0.4, -0.2) is 18.4 Å². The van der Waals surface area contributed by atoms with Crippen LogP contribution < -0.4 is 0 Å². The van der Waals surface area contributed by atoms with E-state index in [1.54, 1.807) is 6.92 Å². The summed E-state index contributed by atoms with van der Waals surface area (Å²) in [5, 5.41) is 0. The molecular formula is C11H20O3. The standard InChI is InChI=1S/C11H20O3/c1-7-10(12)14-9(3)13-8(2)11(4,5)6/h7-9H,1H2,2-6H3. The van der Waals surface area contributed by atoms with E-state index in [9.17, 15) is 4.79 Å². The SMILES string of the molecule is C=CC(=O)OC(C)OC(C)C(C)(C)C. The molecule has 0 spiro atoms. The summed E-state index contributed by atoms with van der Waals surface area (Å²) in [6.07, 6.45) is 0.617. The first-order chi connectivity index (χ1) is 6.27. The van der Waals surface area contributed by atoms with Gasteiger partial charge in [0.05, 0.1) is 6.10 Å². The normalized spacial score (nSPS) is 15.8. The Kier molecular flexibility index (Phi) is 4.85. The van der Waals surface area contributed by atoms with Gasteiger partial charge in [0.25, 0.3) is 0 Å². The van der Waals surface area contributed by atoms with Crippen molar-refractivity contribution in [2.24, 2.45) is 5.41 Å². The molecule has 0 aliphatic heterocycles. The van der Waals surface area contributed by atoms with Crippen molar-refractivity contribution in [3.05, 3.63) is 12.7 Å². The maximum Gasteiger partial charge on any atom is 0.332 e. The van der Waals surface area contributed by atoms with Crippen molar-refractivity contribution in [1.82, 2.24) is 0 Å². The molecule has 0 amide bonds. The van der Waals surface area contributed by atoms with Gasteiger partial charge in [0, 0.05) is 6.08 Å². The van der Waals surface area contributed by atoms with E-state index in [1.165, 1.54) is 0 Å². The number of carbonyl (C=O) groups excluding carboxylic acids is 1. The van der Waals surface area contributed by atoms with Gasteiger partial charge < -0.3 is 9.47 Å². The van der Waals surface area contributed by atoms with Gasteiger partial charge in [0.2, 0.25) is 6.29 Å². The van der Waals surface area contributed by atoms with Crippen molar-refractivity contribution in [3.8, 4) is 0 Å². The number of ether oxygens (including phenoxy) is 2. The van der Waals surface area contributed by atoms with Crippen molar-refractivity contribution in [1.29, 1.82) is 0 Å². The number of hydrogen-bond acceptors (Lipinski definition) is 3. The number of hydrogen-bond donors (Lipinski definition) is 0. The topological polar surface area (TPSA) is 35.5 Å². The highest BCUT2D eigenvalue weighted by atomic mass is 16.7. The molecule has 0 aliphatic carbocycles. The Hall–Kier alpha value is -0.830. The highest BCUT2D eigenvalue weighted by Crippen LogP contribution is 2.22. The zero-order valence-corrected chi connectivity index (χ0v) is 9.66. The lowest BCUT2D eigenvalue weighted by Gasteiger charge is -2.29. The summed E-state index contributed by atoms with van der Waals surface area (Å²) in [5.41, 5.74) is 0.0366. The maximum atomic E-state index is 10.8. The lowest BCUT2D eigenvalue weighted by atomic mass is 9.90. The van der Waals surface area contributed by atoms with Crippen LogP contribution in [0.3, 0.4) is 0 Å². The first-order valence-corrected chi connectivity index (χ1v) is 4.76. The second-order valence-electron chi connectivity index (χ2n) is 4.35. The minimum absolute atomic E-state index is 0.0233. The fraction of sp³-hybridized carbons (Fsp3) is 0.727. The molecule has 2 unspecified atom stereocenters. The number of carbonyl (C=O) groups is 1. The third-order valence-corrected chi connectivity index (χ3v) is 2.06. The van der Waals surface area contributed by atoms with Crippen LogP contribution in [0, 0.1) is 5.41 Å². The second kappa shape index (κ2) is 5.15. The van der Waals surface area contributed by atoms with Crippen molar-refractivity contribution in [2.75, 3.05) is 0 Å². The molecule has 0 heterocycles. The van der Waals surface area contributed by atoms with E-state index in [1.807, 2.05) is 6.92 Å². The van der Waals surface area contributed by atoms with E-state index in [4.69, 9.17) is 9.47 Å². The second-order valence-corrected chi connectivity index (χ2v) is 4.35. The van der Waals surface area contributed by atoms with Gasteiger partial charge in [0.15, 0.2) is 0 Å². The van der Waals surface area contributed by atoms with E-state index in [0.29, 0.717) is 0 Å². The summed E-state index contributed by atoms with van der Waals surface area (Å²) in [6.45, 7) is 13.2. The summed E-state index contributed by atoms with van der Waals surface area (Å²) < 4.78 is 10.4. The molecule has 0 N–H and O–H groups in total. The molecular weight excluding hydrogens is 180 g/mol. The fourth-order valence-electron chi connectivity index (χ4n) is 0.731. The molecule has 0 bridgehead atoms. The van der Waals surface area contributed by atoms with Gasteiger partial charge in [-0.1, -0.05) is 27.4 Å². The molecule has 2 atom stereocenters. The van der Waals surface area contributed by atoms with Crippen molar-refractivity contribution < 1.29 is 14.3 Å². The lowest BCUT2D eigenvalue weighted by Crippen LogP contribution is -2.31. The summed E-state index contributed by atoms with van der Waals surface area (Å²) in [4.78, 5) is 10.8. The highest BCUT2D eigenvalue weighted by Gasteiger charge is 2.23. The minimum Gasteiger partial charge on any atom is -0.433 e. The van der Waals surface area contributed by atoms with E-state index < -0.39 is 12.3 Å². The molecule has 0 saturated heterocycles. The van der Waals surface area contributed by atoms with Crippen LogP contribution in [-0.2, 0) is 14.3 Å². The molecule has 3 heteroatoms. The molecule has 0 aliphatic rings. The average Bonchev–Trinajstić information content (AvgIpc) is 2.02. The Bertz CT molecular complexity index is 203. The van der Waals surface area contributed by atoms with Crippen LogP contribution in [0.25, 0.3) is 0 Å². The Balaban J connectivity index is 4.00. The Labute approximate surface area is 86.1 Å². The lowest BCUT2D eigenvalue weighted by molar-refractivity contribution is -0.187. The predicted molar refractivity (Wildman–Crippen MR) is 55.8 cm³/mol. The molecule has 3 nitrogen and oxygen atoms in total. The number of esters is 1. The summed E-state index contributed by atoms with van der Waals surface area (Å²) >= 11 is 0. The number of rotatable bonds is 4. The fourth-order valence-corrected chi connectivity index (χ4v) is 0.731. The van der Waals surface area contributed by atoms with Crippen molar-refractivity contribution in [2.45, 2.75) is 47.0 Å². The van der Waals surface area contributed by atoms with Crippen LogP contribution in [0.4, 0.5) is 0 Å². The largest absolute Gasteiger partial charge is 0.433 e. The maximum absolute atomic E-state index is 10.8. The van der Waals surface area contributed by atoms with Crippen molar-refractivity contribution >= 4 is 5.97 Å². The van der Waals surface area contributed by atoms with Gasteiger partial charge in [0.1, 0.15) is 0 Å². The smallest absolute Gasteiger partial charge is 0.332 e. The molecule has 0 saturated carbocycles. The first-order valence-electron chi connectivity index (χ1n) is 4.76. The van der Waals surface area contributed by atoms with Gasteiger partial charge in [-0.3, -0.25) is 0 Å². The van der Waals surface area contributed by atoms with Crippen LogP contribution in [0.2, 0.25) is 0 Å². The van der Waals surface area contributed by atoms with Crippen LogP contribution in [0.5, 0.6) is 0 Å². The molecule has 0 aromatic heterocycles. The molecule has 14 heavy (non-hydrogen) atoms. The van der Waals surface area contributed by atoms with Gasteiger partial charge in [-0.15, -0.1) is 0 Å². The first kappa shape index (κ1) is 13.2. The van der Waals surface area contributed by atoms with Crippen LogP contribution in [0.15, 0.2) is 12.7 Å². The molecule has 82 valence electrons. The quantitative estimate of drug-likeness (QED) is 0.397. The Morgan fingerprint density at radius 3 is 2.21 bits per heavy atom. The third-order valence-electron chi connectivity index (χ3n) is 2.06. The van der Waals surface area contributed by atoms with Gasteiger partial charge in [-0.2, -0.15) is 0 Å². The van der Waals surface area contributed by atoms with E-state index >= 15 is 0 Å². The van der Waals surface area contributed by atoms with E-state index in [0.717, 1.165) is 6.08 Å². The third kappa shape index (κ3) is 5.02. The van der Waals surface area contributed by atoms with Crippen molar-refractivity contribution in [3.63, 3.8) is 0 Å². The zero-order chi connectivity index (χ0) is 11.4. The average molecular weight is 200 g/mol. The van der Waals surface area contributed by atoms with Gasteiger partial charge in [-0.25, -0.2) is 4.79 Å². The Morgan fingerprint density at radius 1 is 1.36 bits per heavy atom. The zero-order valence-electron chi connectivity index (χ0n) is 9.66. The molecule has 0 aromatic rings. The van der Waals surface area contributed by atoms with Gasteiger partial charge in [-0.05, 0) is 19.3 Å². The monoisotopic (exact) mass is 200 g/mol. The van der Waals surface area contributed by atoms with Crippen LogP contribution in [0.1, 0.15) is 34.6 Å². The highest BCUT2D eigenvalue weighted by molar-refractivity contribution is 5.81. The molecule has 0 radical (unpaired) electrons. The van der Waals surface area contributed by atoms with Crippen LogP contribution >= 0.6 is 0 Å². The van der Waals surface area contributed by atoms with Gasteiger partial charge >= 0.3 is 5.97 Å². The summed E-state index contributed by atoms with van der Waals surface area (Å²) in [6, 6.07) is 0.